The van der Waals surface area contributed by atoms with Crippen molar-refractivity contribution in [3.05, 3.63) is 65.3 Å². The molecule has 0 saturated carbocycles. The SMILES string of the molecule is COc1ccc(C(=O)NCc2nnc(SCC(=O)NCc3ccc(F)cc3)o2)cc1OC. The maximum absolute atomic E-state index is 12.9. The van der Waals surface area contributed by atoms with Gasteiger partial charge in [-0.25, -0.2) is 4.39 Å². The van der Waals surface area contributed by atoms with E-state index >= 15 is 0 Å². The third-order valence-electron chi connectivity index (χ3n) is 4.22. The number of halogens is 1. The lowest BCUT2D eigenvalue weighted by Crippen LogP contribution is -2.24. The van der Waals surface area contributed by atoms with Crippen LogP contribution in [0.3, 0.4) is 0 Å². The van der Waals surface area contributed by atoms with Crippen LogP contribution in [0.4, 0.5) is 4.39 Å². The Balaban J connectivity index is 1.44. The molecule has 0 fully saturated rings. The Morgan fingerprint density at radius 3 is 2.47 bits per heavy atom. The highest BCUT2D eigenvalue weighted by Crippen LogP contribution is 2.27. The van der Waals surface area contributed by atoms with Crippen molar-refractivity contribution in [3.63, 3.8) is 0 Å². The summed E-state index contributed by atoms with van der Waals surface area (Å²) in [5, 5.41) is 13.3. The summed E-state index contributed by atoms with van der Waals surface area (Å²) in [6.07, 6.45) is 0. The van der Waals surface area contributed by atoms with Crippen molar-refractivity contribution in [2.45, 2.75) is 18.3 Å². The quantitative estimate of drug-likeness (QED) is 0.444. The van der Waals surface area contributed by atoms with Gasteiger partial charge in [-0.3, -0.25) is 9.59 Å². The van der Waals surface area contributed by atoms with Crippen molar-refractivity contribution >= 4 is 23.6 Å². The molecule has 168 valence electrons. The van der Waals surface area contributed by atoms with Crippen LogP contribution in [0.2, 0.25) is 0 Å². The smallest absolute Gasteiger partial charge is 0.277 e. The number of nitrogens with one attached hydrogen (secondary N) is 2. The molecule has 0 spiro atoms. The Morgan fingerprint density at radius 1 is 1.00 bits per heavy atom. The molecular weight excluding hydrogens is 439 g/mol. The molecule has 0 aliphatic carbocycles. The molecule has 2 aromatic carbocycles. The first-order valence-electron chi connectivity index (χ1n) is 9.45. The molecule has 32 heavy (non-hydrogen) atoms. The average molecular weight is 460 g/mol. The molecule has 0 saturated heterocycles. The summed E-state index contributed by atoms with van der Waals surface area (Å²) in [5.74, 6) is 0.315. The molecule has 1 heterocycles. The lowest BCUT2D eigenvalue weighted by Gasteiger charge is -2.09. The maximum atomic E-state index is 12.9. The second-order valence-corrected chi connectivity index (χ2v) is 7.33. The van der Waals surface area contributed by atoms with E-state index in [0.717, 1.165) is 17.3 Å². The molecule has 0 aliphatic heterocycles. The van der Waals surface area contributed by atoms with Gasteiger partial charge >= 0.3 is 0 Å². The molecule has 3 aromatic rings. The molecule has 0 atom stereocenters. The molecule has 0 bridgehead atoms. The van der Waals surface area contributed by atoms with Crippen molar-refractivity contribution in [3.8, 4) is 11.5 Å². The number of rotatable bonds is 10. The van der Waals surface area contributed by atoms with Gasteiger partial charge < -0.3 is 24.5 Å². The van der Waals surface area contributed by atoms with E-state index in [-0.39, 0.29) is 47.6 Å². The number of carbonyl (C=O) groups is 2. The molecule has 11 heteroatoms. The van der Waals surface area contributed by atoms with Gasteiger partial charge in [-0.05, 0) is 35.9 Å². The number of amides is 2. The van der Waals surface area contributed by atoms with Gasteiger partial charge in [0.05, 0.1) is 26.5 Å². The van der Waals surface area contributed by atoms with Crippen LogP contribution in [0.15, 0.2) is 52.1 Å². The molecule has 0 aliphatic rings. The highest BCUT2D eigenvalue weighted by atomic mass is 32.2. The van der Waals surface area contributed by atoms with Crippen LogP contribution in [-0.4, -0.2) is 42.0 Å². The lowest BCUT2D eigenvalue weighted by molar-refractivity contribution is -0.118. The molecular formula is C21H21FN4O5S. The number of hydrogen-bond donors (Lipinski definition) is 2. The van der Waals surface area contributed by atoms with E-state index < -0.39 is 0 Å². The van der Waals surface area contributed by atoms with Gasteiger partial charge in [-0.15, -0.1) is 10.2 Å². The zero-order valence-electron chi connectivity index (χ0n) is 17.4. The number of thioether (sulfide) groups is 1. The predicted octanol–water partition coefficient (Wildman–Crippen LogP) is 2.56. The van der Waals surface area contributed by atoms with Crippen LogP contribution in [0.25, 0.3) is 0 Å². The Kier molecular flexibility index (Phi) is 8.03. The lowest BCUT2D eigenvalue weighted by atomic mass is 10.2. The van der Waals surface area contributed by atoms with Gasteiger partial charge in [0.25, 0.3) is 11.1 Å². The summed E-state index contributed by atoms with van der Waals surface area (Å²) >= 11 is 1.07. The van der Waals surface area contributed by atoms with Crippen molar-refractivity contribution in [2.75, 3.05) is 20.0 Å². The monoisotopic (exact) mass is 460 g/mol. The van der Waals surface area contributed by atoms with Gasteiger partial charge in [0.1, 0.15) is 5.82 Å². The summed E-state index contributed by atoms with van der Waals surface area (Å²) in [6.45, 7) is 0.314. The Bertz CT molecular complexity index is 1070. The summed E-state index contributed by atoms with van der Waals surface area (Å²) in [5.41, 5.74) is 1.17. The van der Waals surface area contributed by atoms with E-state index in [1.54, 1.807) is 30.3 Å². The van der Waals surface area contributed by atoms with Crippen molar-refractivity contribution in [1.82, 2.24) is 20.8 Å². The summed E-state index contributed by atoms with van der Waals surface area (Å²) in [6, 6.07) is 10.7. The fourth-order valence-corrected chi connectivity index (χ4v) is 3.19. The third kappa shape index (κ3) is 6.45. The summed E-state index contributed by atoms with van der Waals surface area (Å²) in [7, 11) is 3.00. The largest absolute Gasteiger partial charge is 0.493 e. The van der Waals surface area contributed by atoms with E-state index in [4.69, 9.17) is 13.9 Å². The fraction of sp³-hybridized carbons (Fsp3) is 0.238. The van der Waals surface area contributed by atoms with E-state index in [9.17, 15) is 14.0 Å². The minimum absolute atomic E-state index is 0.0253. The van der Waals surface area contributed by atoms with Crippen molar-refractivity contribution in [2.24, 2.45) is 0 Å². The zero-order chi connectivity index (χ0) is 22.9. The Morgan fingerprint density at radius 2 is 1.75 bits per heavy atom. The number of methoxy groups -OCH3 is 2. The minimum atomic E-state index is -0.349. The first kappa shape index (κ1) is 23.1. The first-order chi connectivity index (χ1) is 15.5. The second kappa shape index (κ2) is 11.1. The molecule has 0 unspecified atom stereocenters. The van der Waals surface area contributed by atoms with Gasteiger partial charge in [0.2, 0.25) is 11.8 Å². The zero-order valence-corrected chi connectivity index (χ0v) is 18.2. The van der Waals surface area contributed by atoms with Crippen LogP contribution < -0.4 is 20.1 Å². The van der Waals surface area contributed by atoms with Crippen LogP contribution in [0.5, 0.6) is 11.5 Å². The number of benzene rings is 2. The summed E-state index contributed by atoms with van der Waals surface area (Å²) in [4.78, 5) is 24.3. The minimum Gasteiger partial charge on any atom is -0.493 e. The number of hydrogen-bond acceptors (Lipinski definition) is 8. The highest BCUT2D eigenvalue weighted by Gasteiger charge is 2.13. The molecule has 2 N–H and O–H groups in total. The standard InChI is InChI=1S/C21H21FN4O5S/c1-29-16-8-5-14(9-17(16)30-2)20(28)24-11-19-25-26-21(31-19)32-12-18(27)23-10-13-3-6-15(22)7-4-13/h3-9H,10-12H2,1-2H3,(H,23,27)(H,24,28). The van der Waals surface area contributed by atoms with Gasteiger partial charge in [0, 0.05) is 12.1 Å². The van der Waals surface area contributed by atoms with Crippen LogP contribution in [0.1, 0.15) is 21.8 Å². The molecule has 1 aromatic heterocycles. The molecule has 3 rings (SSSR count). The maximum Gasteiger partial charge on any atom is 0.277 e. The van der Waals surface area contributed by atoms with E-state index in [0.29, 0.717) is 17.1 Å². The number of aromatic nitrogens is 2. The molecule has 2 amide bonds. The Hall–Kier alpha value is -3.60. The number of nitrogens with zero attached hydrogens (tertiary/aromatic N) is 2. The number of carbonyl (C=O) groups excluding carboxylic acids is 2. The predicted molar refractivity (Wildman–Crippen MR) is 114 cm³/mol. The van der Waals surface area contributed by atoms with Gasteiger partial charge in [-0.1, -0.05) is 23.9 Å². The normalized spacial score (nSPS) is 10.5. The van der Waals surface area contributed by atoms with Crippen LogP contribution >= 0.6 is 11.8 Å². The van der Waals surface area contributed by atoms with Crippen molar-refractivity contribution < 1.29 is 27.9 Å². The van der Waals surface area contributed by atoms with Gasteiger partial charge in [0.15, 0.2) is 11.5 Å². The first-order valence-corrected chi connectivity index (χ1v) is 10.4. The molecule has 9 nitrogen and oxygen atoms in total. The topological polar surface area (TPSA) is 116 Å². The van der Waals surface area contributed by atoms with E-state index in [1.165, 1.54) is 26.4 Å². The van der Waals surface area contributed by atoms with E-state index in [2.05, 4.69) is 20.8 Å². The number of ether oxygens (including phenoxy) is 2. The van der Waals surface area contributed by atoms with Crippen LogP contribution in [0, 0.1) is 5.82 Å². The molecule has 0 radical (unpaired) electrons. The second-order valence-electron chi connectivity index (χ2n) is 6.41. The average Bonchev–Trinajstić information content (AvgIpc) is 3.28. The summed E-state index contributed by atoms with van der Waals surface area (Å²) < 4.78 is 28.7. The highest BCUT2D eigenvalue weighted by molar-refractivity contribution is 7.99. The van der Waals surface area contributed by atoms with Gasteiger partial charge in [-0.2, -0.15) is 0 Å². The fourth-order valence-electron chi connectivity index (χ4n) is 2.58. The van der Waals surface area contributed by atoms with Crippen molar-refractivity contribution in [1.29, 1.82) is 0 Å². The Labute approximate surface area is 187 Å². The van der Waals surface area contributed by atoms with Crippen LogP contribution in [-0.2, 0) is 17.9 Å². The van der Waals surface area contributed by atoms with E-state index in [1.807, 2.05) is 0 Å². The third-order valence-corrected chi connectivity index (χ3v) is 5.04.